The van der Waals surface area contributed by atoms with Gasteiger partial charge in [0, 0.05) is 11.0 Å². The number of carbonyl (C=O) groups is 1. The first-order valence-corrected chi connectivity index (χ1v) is 7.33. The Morgan fingerprint density at radius 1 is 1.33 bits per heavy atom. The highest BCUT2D eigenvalue weighted by Crippen LogP contribution is 2.32. The van der Waals surface area contributed by atoms with Crippen molar-refractivity contribution in [2.45, 2.75) is 31.3 Å². The van der Waals surface area contributed by atoms with Crippen molar-refractivity contribution in [1.29, 1.82) is 0 Å². The van der Waals surface area contributed by atoms with Crippen LogP contribution in [-0.4, -0.2) is 29.9 Å². The minimum absolute atomic E-state index is 0.256. The molecule has 1 N–H and O–H groups in total. The number of amides is 1. The largest absolute Gasteiger partial charge is 0.337 e. The summed E-state index contributed by atoms with van der Waals surface area (Å²) in [5.41, 5.74) is 1.27. The molecule has 2 saturated heterocycles. The first-order chi connectivity index (χ1) is 8.75. The monoisotopic (exact) mass is 308 g/mol. The Labute approximate surface area is 116 Å². The highest BCUT2D eigenvalue weighted by Gasteiger charge is 2.37. The number of benzene rings is 1. The fourth-order valence-electron chi connectivity index (χ4n) is 3.09. The molecule has 18 heavy (non-hydrogen) atoms. The number of fused-ring (bicyclic) bond motifs is 1. The minimum atomic E-state index is 0.256. The summed E-state index contributed by atoms with van der Waals surface area (Å²) in [6.07, 6.45) is 3.48. The van der Waals surface area contributed by atoms with Crippen LogP contribution in [0.2, 0.25) is 0 Å². The van der Waals surface area contributed by atoms with E-state index >= 15 is 0 Å². The number of rotatable bonds is 1. The van der Waals surface area contributed by atoms with Crippen molar-refractivity contribution in [2.75, 3.05) is 13.1 Å². The van der Waals surface area contributed by atoms with Gasteiger partial charge in [-0.2, -0.15) is 0 Å². The molecule has 2 aliphatic heterocycles. The predicted molar refractivity (Wildman–Crippen MR) is 74.2 cm³/mol. The van der Waals surface area contributed by atoms with E-state index in [0.717, 1.165) is 23.9 Å². The molecule has 1 amide bonds. The Bertz CT molecular complexity index is 463. The molecular weight excluding hydrogens is 292 g/mol. The second-order valence-electron chi connectivity index (χ2n) is 5.06. The summed E-state index contributed by atoms with van der Waals surface area (Å²) >= 11 is 3.52. The smallest absolute Gasteiger partial charge is 0.236 e. The summed E-state index contributed by atoms with van der Waals surface area (Å²) in [4.78, 5) is 14.0. The molecule has 96 valence electrons. The summed E-state index contributed by atoms with van der Waals surface area (Å²) in [7, 11) is 0. The molecule has 0 bridgehead atoms. The van der Waals surface area contributed by atoms with Crippen LogP contribution in [-0.2, 0) is 4.79 Å². The molecule has 1 aromatic carbocycles. The summed E-state index contributed by atoms with van der Waals surface area (Å²) in [6.45, 7) is 1.39. The van der Waals surface area contributed by atoms with E-state index in [2.05, 4.69) is 44.3 Å². The van der Waals surface area contributed by atoms with Crippen LogP contribution in [0.25, 0.3) is 0 Å². The van der Waals surface area contributed by atoms with Gasteiger partial charge in [-0.15, -0.1) is 0 Å². The highest BCUT2D eigenvalue weighted by atomic mass is 79.9. The zero-order valence-electron chi connectivity index (χ0n) is 10.2. The van der Waals surface area contributed by atoms with Crippen molar-refractivity contribution in [3.63, 3.8) is 0 Å². The van der Waals surface area contributed by atoms with Gasteiger partial charge in [0.15, 0.2) is 0 Å². The number of piperidine rings is 1. The summed E-state index contributed by atoms with van der Waals surface area (Å²) in [5, 5.41) is 3.40. The Balaban J connectivity index is 1.89. The van der Waals surface area contributed by atoms with Gasteiger partial charge in [0.2, 0.25) is 5.91 Å². The molecule has 1 aromatic rings. The van der Waals surface area contributed by atoms with E-state index in [1.807, 2.05) is 6.07 Å². The second-order valence-corrected chi connectivity index (χ2v) is 5.98. The number of hydrogen-bond acceptors (Lipinski definition) is 2. The molecule has 3 nitrogen and oxygen atoms in total. The van der Waals surface area contributed by atoms with Crippen LogP contribution in [0, 0.1) is 0 Å². The summed E-state index contributed by atoms with van der Waals surface area (Å²) in [5.74, 6) is 0.256. The van der Waals surface area contributed by atoms with E-state index in [-0.39, 0.29) is 11.9 Å². The molecule has 0 aliphatic carbocycles. The third-order valence-electron chi connectivity index (χ3n) is 3.94. The number of hydrogen-bond donors (Lipinski definition) is 1. The Hall–Kier alpha value is -0.870. The van der Waals surface area contributed by atoms with Crippen molar-refractivity contribution >= 4 is 21.8 Å². The lowest BCUT2D eigenvalue weighted by molar-refractivity contribution is -0.138. The predicted octanol–water partition coefficient (Wildman–Crippen LogP) is 2.47. The molecule has 2 atom stereocenters. The van der Waals surface area contributed by atoms with Crippen LogP contribution in [0.3, 0.4) is 0 Å². The Kier molecular flexibility index (Phi) is 3.39. The van der Waals surface area contributed by atoms with Gasteiger partial charge in [-0.3, -0.25) is 10.1 Å². The lowest BCUT2D eigenvalue weighted by atomic mass is 9.89. The Morgan fingerprint density at radius 2 is 2.22 bits per heavy atom. The number of nitrogens with zero attached hydrogens (tertiary/aromatic N) is 1. The third kappa shape index (κ3) is 2.19. The van der Waals surface area contributed by atoms with Crippen LogP contribution in [0.15, 0.2) is 28.7 Å². The minimum Gasteiger partial charge on any atom is -0.337 e. The second kappa shape index (κ2) is 5.02. The lowest BCUT2D eigenvalue weighted by Crippen LogP contribution is -2.57. The topological polar surface area (TPSA) is 32.3 Å². The fraction of sp³-hybridized carbons (Fsp3) is 0.500. The number of halogens is 1. The zero-order chi connectivity index (χ0) is 12.5. The standard InChI is InChI=1S/C14H17BrN2O/c15-11-5-3-4-10(8-11)14-12-6-1-2-7-17(12)13(18)9-16-14/h3-5,8,12,14,16H,1-2,6-7,9H2. The van der Waals surface area contributed by atoms with Crippen LogP contribution >= 0.6 is 15.9 Å². The highest BCUT2D eigenvalue weighted by molar-refractivity contribution is 9.10. The molecule has 0 spiro atoms. The quantitative estimate of drug-likeness (QED) is 0.864. The average molecular weight is 309 g/mol. The summed E-state index contributed by atoms with van der Waals surface area (Å²) in [6, 6.07) is 9.00. The van der Waals surface area contributed by atoms with E-state index in [4.69, 9.17) is 0 Å². The third-order valence-corrected chi connectivity index (χ3v) is 4.43. The van der Waals surface area contributed by atoms with Crippen molar-refractivity contribution in [3.05, 3.63) is 34.3 Å². The van der Waals surface area contributed by atoms with Gasteiger partial charge in [-0.05, 0) is 37.0 Å². The maximum atomic E-state index is 11.9. The van der Waals surface area contributed by atoms with Gasteiger partial charge < -0.3 is 4.90 Å². The van der Waals surface area contributed by atoms with Crippen LogP contribution < -0.4 is 5.32 Å². The lowest BCUT2D eigenvalue weighted by Gasteiger charge is -2.44. The normalized spacial score (nSPS) is 28.1. The van der Waals surface area contributed by atoms with Crippen LogP contribution in [0.1, 0.15) is 30.9 Å². The molecular formula is C14H17BrN2O. The van der Waals surface area contributed by atoms with E-state index in [1.165, 1.54) is 12.0 Å². The molecule has 2 fully saturated rings. The van der Waals surface area contributed by atoms with Gasteiger partial charge in [0.25, 0.3) is 0 Å². The first kappa shape index (κ1) is 12.2. The van der Waals surface area contributed by atoms with Crippen molar-refractivity contribution in [2.24, 2.45) is 0 Å². The SMILES string of the molecule is O=C1CNC(c2cccc(Br)c2)C2CCCCN12. The molecule has 3 rings (SSSR count). The molecule has 0 radical (unpaired) electrons. The molecule has 0 aromatic heterocycles. The molecule has 2 unspecified atom stereocenters. The van der Waals surface area contributed by atoms with Crippen molar-refractivity contribution in [3.8, 4) is 0 Å². The van der Waals surface area contributed by atoms with Crippen molar-refractivity contribution < 1.29 is 4.79 Å². The maximum Gasteiger partial charge on any atom is 0.236 e. The summed E-state index contributed by atoms with van der Waals surface area (Å²) < 4.78 is 1.10. The number of piperazine rings is 1. The molecule has 4 heteroatoms. The first-order valence-electron chi connectivity index (χ1n) is 6.54. The maximum absolute atomic E-state index is 11.9. The van der Waals surface area contributed by atoms with Gasteiger partial charge in [0.05, 0.1) is 18.6 Å². The van der Waals surface area contributed by atoms with Gasteiger partial charge in [-0.1, -0.05) is 28.1 Å². The average Bonchev–Trinajstić information content (AvgIpc) is 2.39. The number of nitrogens with one attached hydrogen (secondary N) is 1. The molecule has 2 aliphatic rings. The number of carbonyl (C=O) groups excluding carboxylic acids is 1. The molecule has 2 heterocycles. The Morgan fingerprint density at radius 3 is 3.06 bits per heavy atom. The van der Waals surface area contributed by atoms with E-state index in [0.29, 0.717) is 12.6 Å². The van der Waals surface area contributed by atoms with E-state index in [1.54, 1.807) is 0 Å². The van der Waals surface area contributed by atoms with E-state index < -0.39 is 0 Å². The van der Waals surface area contributed by atoms with Gasteiger partial charge >= 0.3 is 0 Å². The van der Waals surface area contributed by atoms with Crippen LogP contribution in [0.5, 0.6) is 0 Å². The van der Waals surface area contributed by atoms with Gasteiger partial charge in [-0.25, -0.2) is 0 Å². The van der Waals surface area contributed by atoms with Crippen molar-refractivity contribution in [1.82, 2.24) is 10.2 Å². The zero-order valence-corrected chi connectivity index (χ0v) is 11.8. The molecule has 0 saturated carbocycles. The van der Waals surface area contributed by atoms with Gasteiger partial charge in [0.1, 0.15) is 0 Å². The fourth-order valence-corrected chi connectivity index (χ4v) is 3.51. The van der Waals surface area contributed by atoms with E-state index in [9.17, 15) is 4.79 Å². The van der Waals surface area contributed by atoms with Crippen LogP contribution in [0.4, 0.5) is 0 Å².